The Labute approximate surface area is 223 Å². The van der Waals surface area contributed by atoms with Crippen LogP contribution >= 0.6 is 34.5 Å². The Morgan fingerprint density at radius 1 is 1.03 bits per heavy atom. The van der Waals surface area contributed by atoms with Gasteiger partial charge < -0.3 is 0 Å². The summed E-state index contributed by atoms with van der Waals surface area (Å²) in [6.07, 6.45) is 5.54. The summed E-state index contributed by atoms with van der Waals surface area (Å²) in [4.78, 5) is 17.3. The highest BCUT2D eigenvalue weighted by atomic mass is 35.5. The van der Waals surface area contributed by atoms with Gasteiger partial charge in [-0.2, -0.15) is 5.26 Å². The van der Waals surface area contributed by atoms with Gasteiger partial charge in [0.1, 0.15) is 10.6 Å². The van der Waals surface area contributed by atoms with Crippen molar-refractivity contribution in [2.45, 2.75) is 0 Å². The van der Waals surface area contributed by atoms with E-state index < -0.39 is 15.6 Å². The third kappa shape index (κ3) is 4.85. The van der Waals surface area contributed by atoms with E-state index in [1.165, 1.54) is 29.8 Å². The first-order valence-corrected chi connectivity index (χ1v) is 13.5. The van der Waals surface area contributed by atoms with Crippen LogP contribution in [0.1, 0.15) is 5.56 Å². The second-order valence-corrected chi connectivity index (χ2v) is 10.8. The molecule has 0 unspecified atom stereocenters. The normalized spacial score (nSPS) is 11.7. The molecule has 3 aromatic heterocycles. The molecule has 14 heteroatoms. The minimum absolute atomic E-state index is 0.00944. The number of nitriles is 1. The van der Waals surface area contributed by atoms with Crippen molar-refractivity contribution in [1.29, 1.82) is 5.26 Å². The highest BCUT2D eigenvalue weighted by Gasteiger charge is 2.22. The van der Waals surface area contributed by atoms with Gasteiger partial charge in [0.25, 0.3) is 15.6 Å². The number of anilines is 1. The van der Waals surface area contributed by atoms with Gasteiger partial charge in [-0.3, -0.25) is 9.52 Å². The maximum atomic E-state index is 13.0. The fourth-order valence-electron chi connectivity index (χ4n) is 3.43. The molecule has 0 amide bonds. The van der Waals surface area contributed by atoms with Crippen LogP contribution in [0.15, 0.2) is 71.1 Å². The number of nitrogens with one attached hydrogen (secondary N) is 1. The van der Waals surface area contributed by atoms with Crippen molar-refractivity contribution in [3.63, 3.8) is 0 Å². The molecule has 0 aliphatic heterocycles. The molecule has 0 spiro atoms. The maximum absolute atomic E-state index is 13.0. The molecule has 184 valence electrons. The van der Waals surface area contributed by atoms with Gasteiger partial charge in [-0.25, -0.2) is 17.9 Å². The van der Waals surface area contributed by atoms with Gasteiger partial charge in [-0.05, 0) is 18.2 Å². The van der Waals surface area contributed by atoms with Crippen molar-refractivity contribution >= 4 is 62.0 Å². The molecule has 0 radical (unpaired) electrons. The summed E-state index contributed by atoms with van der Waals surface area (Å²) in [5, 5.41) is 20.2. The van der Waals surface area contributed by atoms with Crippen molar-refractivity contribution in [1.82, 2.24) is 24.4 Å². The minimum atomic E-state index is -4.03. The van der Waals surface area contributed by atoms with E-state index in [-0.39, 0.29) is 32.0 Å². The Hall–Kier alpha value is -4.02. The van der Waals surface area contributed by atoms with Crippen LogP contribution in [0, 0.1) is 11.5 Å². The lowest BCUT2D eigenvalue weighted by Gasteiger charge is -2.06. The van der Waals surface area contributed by atoms with Crippen molar-refractivity contribution in [3.05, 3.63) is 92.3 Å². The number of hydrogen-bond donors (Lipinski definition) is 1. The minimum Gasteiger partial charge on any atom is -0.277 e. The lowest BCUT2D eigenvalue weighted by Crippen LogP contribution is -2.16. The van der Waals surface area contributed by atoms with Crippen LogP contribution in [0.4, 0.5) is 5.69 Å². The predicted octanol–water partition coefficient (Wildman–Crippen LogP) is 4.73. The predicted molar refractivity (Wildman–Crippen MR) is 143 cm³/mol. The largest absolute Gasteiger partial charge is 0.293 e. The van der Waals surface area contributed by atoms with E-state index in [1.807, 2.05) is 30.3 Å². The zero-order chi connectivity index (χ0) is 26.2. The zero-order valence-corrected chi connectivity index (χ0v) is 21.6. The van der Waals surface area contributed by atoms with Gasteiger partial charge in [-0.15, -0.1) is 14.9 Å². The molecule has 2 aromatic carbocycles. The van der Waals surface area contributed by atoms with Gasteiger partial charge >= 0.3 is 0 Å². The number of sulfonamides is 1. The number of nitrogens with zero attached hydrogens (tertiary/aromatic N) is 6. The van der Waals surface area contributed by atoms with E-state index in [9.17, 15) is 18.5 Å². The Morgan fingerprint density at radius 3 is 2.43 bits per heavy atom. The summed E-state index contributed by atoms with van der Waals surface area (Å²) in [6.45, 7) is 0. The fraction of sp³-hybridized carbons (Fsp3) is 0. The highest BCUT2D eigenvalue weighted by molar-refractivity contribution is 7.95. The van der Waals surface area contributed by atoms with Gasteiger partial charge in [0.15, 0.2) is 10.7 Å². The monoisotopic (exact) mass is 569 g/mol. The number of benzene rings is 2. The van der Waals surface area contributed by atoms with Crippen molar-refractivity contribution in [2.75, 3.05) is 4.72 Å². The lowest BCUT2D eigenvalue weighted by molar-refractivity contribution is 0.609. The van der Waals surface area contributed by atoms with Gasteiger partial charge in [0.2, 0.25) is 6.19 Å². The third-order valence-electron chi connectivity index (χ3n) is 5.08. The molecule has 0 fully saturated rings. The number of halogens is 2. The molecule has 37 heavy (non-hydrogen) atoms. The Morgan fingerprint density at radius 2 is 1.73 bits per heavy atom. The van der Waals surface area contributed by atoms with Crippen molar-refractivity contribution in [2.24, 2.45) is 0 Å². The van der Waals surface area contributed by atoms with E-state index >= 15 is 0 Å². The van der Waals surface area contributed by atoms with Gasteiger partial charge in [-0.1, -0.05) is 70.9 Å². The molecule has 5 rings (SSSR count). The van der Waals surface area contributed by atoms with Crippen LogP contribution in [0.5, 0.6) is 0 Å². The first-order valence-electron chi connectivity index (χ1n) is 10.3. The maximum Gasteiger partial charge on any atom is 0.293 e. The first-order chi connectivity index (χ1) is 17.8. The summed E-state index contributed by atoms with van der Waals surface area (Å²) in [5.74, 6) is 0. The van der Waals surface area contributed by atoms with Crippen LogP contribution in [0.3, 0.4) is 0 Å². The van der Waals surface area contributed by atoms with Crippen LogP contribution in [0.25, 0.3) is 32.9 Å². The molecule has 0 aliphatic rings. The summed E-state index contributed by atoms with van der Waals surface area (Å²) >= 11 is 13.3. The molecular formula is C23H13Cl2N7O3S2. The van der Waals surface area contributed by atoms with E-state index in [2.05, 4.69) is 19.9 Å². The van der Waals surface area contributed by atoms with Gasteiger partial charge in [0, 0.05) is 21.2 Å². The zero-order valence-electron chi connectivity index (χ0n) is 18.4. The molecule has 5 aromatic rings. The second-order valence-electron chi connectivity index (χ2n) is 7.47. The van der Waals surface area contributed by atoms with Crippen LogP contribution in [-0.2, 0) is 10.0 Å². The van der Waals surface area contributed by atoms with Crippen molar-refractivity contribution in [3.8, 4) is 27.3 Å². The van der Waals surface area contributed by atoms with E-state index in [0.29, 0.717) is 10.6 Å². The number of hydrogen-bond acceptors (Lipinski definition) is 8. The van der Waals surface area contributed by atoms with Crippen molar-refractivity contribution < 1.29 is 8.42 Å². The Kier molecular flexibility index (Phi) is 6.53. The molecule has 10 nitrogen and oxygen atoms in total. The third-order valence-corrected chi connectivity index (χ3v) is 7.74. The molecule has 0 saturated carbocycles. The van der Waals surface area contributed by atoms with Crippen LogP contribution in [0.2, 0.25) is 10.0 Å². The molecule has 0 aliphatic carbocycles. The van der Waals surface area contributed by atoms with Crippen LogP contribution in [-0.4, -0.2) is 32.8 Å². The average Bonchev–Trinajstić information content (AvgIpc) is 3.45. The standard InChI is InChI=1S/C23H13Cl2N7O3S2/c24-17-7-4-8-18(25)16(17)9-10-37(34,35)30-15-11-27-20-19(23(33)32(13-26)31(20)12-15)22-29-28-21(36-22)14-5-2-1-3-6-14/h1-12,30H/b10-9+. The smallest absolute Gasteiger partial charge is 0.277 e. The van der Waals surface area contributed by atoms with Crippen LogP contribution < -0.4 is 10.3 Å². The average molecular weight is 570 g/mol. The Bertz CT molecular complexity index is 1870. The number of fused-ring (bicyclic) bond motifs is 1. The highest BCUT2D eigenvalue weighted by Crippen LogP contribution is 2.30. The fourth-order valence-corrected chi connectivity index (χ4v) is 5.65. The number of rotatable bonds is 6. The van der Waals surface area contributed by atoms with Gasteiger partial charge in [0.05, 0.1) is 23.5 Å². The topological polar surface area (TPSA) is 135 Å². The van der Waals surface area contributed by atoms with E-state index in [0.717, 1.165) is 20.2 Å². The number of aromatic nitrogens is 5. The molecular weight excluding hydrogens is 557 g/mol. The summed E-state index contributed by atoms with van der Waals surface area (Å²) in [6, 6.07) is 14.1. The SMILES string of the molecule is N#Cn1c(=O)c(-c2nnc(-c3ccccc3)s2)c2ncc(NS(=O)(=O)/C=C/c3c(Cl)cccc3Cl)cn21. The molecule has 0 bridgehead atoms. The second kappa shape index (κ2) is 9.79. The molecule has 1 N–H and O–H groups in total. The summed E-state index contributed by atoms with van der Waals surface area (Å²) < 4.78 is 29.5. The molecule has 3 heterocycles. The molecule has 0 atom stereocenters. The van der Waals surface area contributed by atoms with E-state index in [4.69, 9.17) is 23.2 Å². The lowest BCUT2D eigenvalue weighted by atomic mass is 10.2. The first kappa shape index (κ1) is 24.7. The molecule has 0 saturated heterocycles. The summed E-state index contributed by atoms with van der Waals surface area (Å²) in [7, 11) is -4.03. The van der Waals surface area contributed by atoms with E-state index in [1.54, 1.807) is 24.4 Å². The Balaban J connectivity index is 1.51. The quantitative estimate of drug-likeness (QED) is 0.312. The summed E-state index contributed by atoms with van der Waals surface area (Å²) in [5.41, 5.74) is 0.693.